The lowest BCUT2D eigenvalue weighted by Crippen LogP contribution is -2.27. The van der Waals surface area contributed by atoms with Crippen LogP contribution in [0.4, 0.5) is 0 Å². The maximum absolute atomic E-state index is 13.1. The molecule has 1 amide bonds. The SMILES string of the molecule is C=CCn1c(S[C@H](C)C(N)=O)nc2sc3c(c2c1=O)CC[C@@H](C)C3. The molecule has 0 radical (unpaired) electrons. The number of amides is 1. The Hall–Kier alpha value is -1.60. The van der Waals surface area contributed by atoms with Gasteiger partial charge in [0.05, 0.1) is 10.6 Å². The molecule has 0 aromatic carbocycles. The Kier molecular flexibility index (Phi) is 4.83. The van der Waals surface area contributed by atoms with Crippen molar-refractivity contribution >= 4 is 39.2 Å². The Morgan fingerprint density at radius 2 is 2.38 bits per heavy atom. The summed E-state index contributed by atoms with van der Waals surface area (Å²) in [5.74, 6) is 0.225. The van der Waals surface area contributed by atoms with Gasteiger partial charge in [-0.25, -0.2) is 4.98 Å². The first-order chi connectivity index (χ1) is 11.4. The molecular weight excluding hydrogens is 342 g/mol. The van der Waals surface area contributed by atoms with Gasteiger partial charge in [0, 0.05) is 11.4 Å². The van der Waals surface area contributed by atoms with Gasteiger partial charge in [-0.1, -0.05) is 24.8 Å². The second-order valence-electron chi connectivity index (χ2n) is 6.29. The van der Waals surface area contributed by atoms with Crippen LogP contribution in [0.15, 0.2) is 22.6 Å². The minimum absolute atomic E-state index is 0.0360. The molecule has 2 heterocycles. The Morgan fingerprint density at radius 3 is 3.04 bits per heavy atom. The molecule has 1 aliphatic carbocycles. The first-order valence-corrected chi connectivity index (χ1v) is 9.74. The number of hydrogen-bond acceptors (Lipinski definition) is 5. The van der Waals surface area contributed by atoms with Crippen LogP contribution < -0.4 is 11.3 Å². The van der Waals surface area contributed by atoms with Crippen molar-refractivity contribution in [1.29, 1.82) is 0 Å². The van der Waals surface area contributed by atoms with E-state index in [2.05, 4.69) is 13.5 Å². The lowest BCUT2D eigenvalue weighted by atomic mass is 9.89. The Morgan fingerprint density at radius 1 is 1.62 bits per heavy atom. The summed E-state index contributed by atoms with van der Waals surface area (Å²) in [5, 5.41) is 0.838. The molecule has 0 spiro atoms. The van der Waals surface area contributed by atoms with Crippen LogP contribution in [0.5, 0.6) is 0 Å². The minimum atomic E-state index is -0.444. The van der Waals surface area contributed by atoms with Crippen molar-refractivity contribution in [3.05, 3.63) is 33.4 Å². The predicted molar refractivity (Wildman–Crippen MR) is 99.8 cm³/mol. The number of thioether (sulfide) groups is 1. The van der Waals surface area contributed by atoms with E-state index in [0.717, 1.165) is 29.5 Å². The molecule has 0 bridgehead atoms. The van der Waals surface area contributed by atoms with Gasteiger partial charge < -0.3 is 5.73 Å². The number of rotatable bonds is 5. The van der Waals surface area contributed by atoms with E-state index in [-0.39, 0.29) is 5.56 Å². The van der Waals surface area contributed by atoms with Crippen LogP contribution in [-0.2, 0) is 24.2 Å². The highest BCUT2D eigenvalue weighted by Gasteiger charge is 2.25. The lowest BCUT2D eigenvalue weighted by molar-refractivity contribution is -0.117. The van der Waals surface area contributed by atoms with Gasteiger partial charge in [0.25, 0.3) is 5.56 Å². The Labute approximate surface area is 149 Å². The summed E-state index contributed by atoms with van der Waals surface area (Å²) < 4.78 is 1.60. The number of aryl methyl sites for hydroxylation is 1. The number of nitrogens with two attached hydrogens (primary N) is 1. The maximum atomic E-state index is 13.1. The number of primary amides is 1. The second kappa shape index (κ2) is 6.72. The van der Waals surface area contributed by atoms with E-state index in [1.54, 1.807) is 28.9 Å². The van der Waals surface area contributed by atoms with Gasteiger partial charge in [0.2, 0.25) is 5.91 Å². The first kappa shape index (κ1) is 17.2. The number of aromatic nitrogens is 2. The molecule has 0 saturated heterocycles. The molecule has 1 aliphatic rings. The van der Waals surface area contributed by atoms with E-state index in [9.17, 15) is 9.59 Å². The Bertz CT molecular complexity index is 869. The third kappa shape index (κ3) is 3.02. The minimum Gasteiger partial charge on any atom is -0.369 e. The van der Waals surface area contributed by atoms with Crippen LogP contribution in [0.1, 0.15) is 30.7 Å². The van der Waals surface area contributed by atoms with Gasteiger partial charge in [-0.05, 0) is 37.7 Å². The van der Waals surface area contributed by atoms with Gasteiger partial charge in [-0.15, -0.1) is 17.9 Å². The molecule has 2 N–H and O–H groups in total. The Balaban J connectivity index is 2.18. The molecule has 24 heavy (non-hydrogen) atoms. The number of allylic oxidation sites excluding steroid dienone is 1. The van der Waals surface area contributed by atoms with E-state index in [0.29, 0.717) is 17.6 Å². The molecule has 2 atom stereocenters. The fourth-order valence-electron chi connectivity index (χ4n) is 3.00. The van der Waals surface area contributed by atoms with Crippen molar-refractivity contribution < 1.29 is 4.79 Å². The van der Waals surface area contributed by atoms with Crippen LogP contribution in [0.3, 0.4) is 0 Å². The van der Waals surface area contributed by atoms with Crippen LogP contribution in [-0.4, -0.2) is 20.7 Å². The zero-order valence-corrected chi connectivity index (χ0v) is 15.5. The topological polar surface area (TPSA) is 78.0 Å². The number of thiophene rings is 1. The molecule has 0 aliphatic heterocycles. The van der Waals surface area contributed by atoms with Crippen molar-refractivity contribution in [3.8, 4) is 0 Å². The van der Waals surface area contributed by atoms with Crippen molar-refractivity contribution in [3.63, 3.8) is 0 Å². The van der Waals surface area contributed by atoms with Crippen molar-refractivity contribution in [2.75, 3.05) is 0 Å². The van der Waals surface area contributed by atoms with Crippen molar-refractivity contribution in [2.45, 2.75) is 50.1 Å². The van der Waals surface area contributed by atoms with Crippen molar-refractivity contribution in [2.24, 2.45) is 11.7 Å². The fraction of sp³-hybridized carbons (Fsp3) is 0.471. The summed E-state index contributed by atoms with van der Waals surface area (Å²) >= 11 is 2.84. The maximum Gasteiger partial charge on any atom is 0.263 e. The van der Waals surface area contributed by atoms with Crippen LogP contribution in [0.2, 0.25) is 0 Å². The van der Waals surface area contributed by atoms with E-state index >= 15 is 0 Å². The van der Waals surface area contributed by atoms with E-state index in [1.165, 1.54) is 22.2 Å². The van der Waals surface area contributed by atoms with Gasteiger partial charge in [-0.2, -0.15) is 0 Å². The van der Waals surface area contributed by atoms with Gasteiger partial charge in [0.15, 0.2) is 5.16 Å². The summed E-state index contributed by atoms with van der Waals surface area (Å²) in [7, 11) is 0. The zero-order valence-electron chi connectivity index (χ0n) is 13.9. The molecule has 2 aromatic heterocycles. The van der Waals surface area contributed by atoms with E-state index < -0.39 is 11.2 Å². The average Bonchev–Trinajstić information content (AvgIpc) is 2.88. The van der Waals surface area contributed by atoms with Crippen LogP contribution >= 0.6 is 23.1 Å². The normalized spacial score (nSPS) is 18.3. The lowest BCUT2D eigenvalue weighted by Gasteiger charge is -2.17. The van der Waals surface area contributed by atoms with Gasteiger partial charge >= 0.3 is 0 Å². The van der Waals surface area contributed by atoms with Gasteiger partial charge in [-0.3, -0.25) is 14.2 Å². The first-order valence-electron chi connectivity index (χ1n) is 8.04. The predicted octanol–water partition coefficient (Wildman–Crippen LogP) is 2.73. The number of nitrogens with zero attached hydrogens (tertiary/aromatic N) is 2. The summed E-state index contributed by atoms with van der Waals surface area (Å²) in [6, 6.07) is 0. The second-order valence-corrected chi connectivity index (χ2v) is 8.68. The highest BCUT2D eigenvalue weighted by molar-refractivity contribution is 8.00. The largest absolute Gasteiger partial charge is 0.369 e. The molecule has 2 aromatic rings. The highest BCUT2D eigenvalue weighted by atomic mass is 32.2. The van der Waals surface area contributed by atoms with E-state index in [4.69, 9.17) is 10.7 Å². The third-order valence-corrected chi connectivity index (χ3v) is 6.63. The smallest absolute Gasteiger partial charge is 0.263 e. The standard InChI is InChI=1S/C17H21N3O2S2/c1-4-7-20-16(22)13-11-6-5-9(2)8-12(11)24-15(13)19-17(20)23-10(3)14(18)21/h4,9-10H,1,5-8H2,2-3H3,(H2,18,21)/t9-,10-/m1/s1. The molecule has 3 rings (SSSR count). The summed E-state index contributed by atoms with van der Waals surface area (Å²) in [5.41, 5.74) is 6.49. The average molecular weight is 364 g/mol. The molecular formula is C17H21N3O2S2. The zero-order chi connectivity index (χ0) is 17.4. The quantitative estimate of drug-likeness (QED) is 0.503. The molecule has 5 nitrogen and oxygen atoms in total. The van der Waals surface area contributed by atoms with Crippen LogP contribution in [0, 0.1) is 5.92 Å². The summed E-state index contributed by atoms with van der Waals surface area (Å²) in [6.07, 6.45) is 4.73. The number of carbonyl (C=O) groups excluding carboxylic acids is 1. The van der Waals surface area contributed by atoms with Gasteiger partial charge in [0.1, 0.15) is 4.83 Å². The molecule has 0 fully saturated rings. The number of carbonyl (C=O) groups is 1. The third-order valence-electron chi connectivity index (χ3n) is 4.37. The highest BCUT2D eigenvalue weighted by Crippen LogP contribution is 2.36. The molecule has 0 saturated carbocycles. The summed E-state index contributed by atoms with van der Waals surface area (Å²) in [4.78, 5) is 31.2. The monoisotopic (exact) mass is 363 g/mol. The molecule has 0 unspecified atom stereocenters. The number of fused-ring (bicyclic) bond motifs is 3. The van der Waals surface area contributed by atoms with Crippen LogP contribution in [0.25, 0.3) is 10.2 Å². The summed E-state index contributed by atoms with van der Waals surface area (Å²) in [6.45, 7) is 8.07. The van der Waals surface area contributed by atoms with E-state index in [1.807, 2.05) is 0 Å². The molecule has 7 heteroatoms. The fourth-order valence-corrected chi connectivity index (χ4v) is 5.29. The number of hydrogen-bond donors (Lipinski definition) is 1. The van der Waals surface area contributed by atoms with Crippen molar-refractivity contribution in [1.82, 2.24) is 9.55 Å². The molecule has 128 valence electrons.